The quantitative estimate of drug-likeness (QED) is 0.421. The lowest BCUT2D eigenvalue weighted by Gasteiger charge is -2.07. The topological polar surface area (TPSA) is 120 Å². The lowest BCUT2D eigenvalue weighted by atomic mass is 10.3. The molecule has 28 heavy (non-hydrogen) atoms. The number of hydrogen-bond donors (Lipinski definition) is 2. The maximum atomic E-state index is 12.5. The first-order valence-electron chi connectivity index (χ1n) is 9.15. The van der Waals surface area contributed by atoms with Crippen LogP contribution in [0.2, 0.25) is 0 Å². The van der Waals surface area contributed by atoms with E-state index in [1.165, 1.54) is 30.0 Å². The minimum Gasteiger partial charge on any atom is -0.370 e. The van der Waals surface area contributed by atoms with Gasteiger partial charge < -0.3 is 15.6 Å². The number of Topliss-reactive ketones (excluding diaryl/α,β-unsaturated/α-hetero) is 1. The third-order valence-corrected chi connectivity index (χ3v) is 6.39. The van der Waals surface area contributed by atoms with Gasteiger partial charge in [0, 0.05) is 37.2 Å². The number of hydrogen-bond acceptors (Lipinski definition) is 7. The first kappa shape index (κ1) is 20.5. The number of nitrogens with two attached hydrogens (primary N) is 1. The van der Waals surface area contributed by atoms with Gasteiger partial charge >= 0.3 is 0 Å². The highest BCUT2D eigenvalue weighted by atomic mass is 32.2. The van der Waals surface area contributed by atoms with Gasteiger partial charge in [-0.3, -0.25) is 14.4 Å². The van der Waals surface area contributed by atoms with Gasteiger partial charge in [0.1, 0.15) is 5.82 Å². The fourth-order valence-electron chi connectivity index (χ4n) is 2.74. The summed E-state index contributed by atoms with van der Waals surface area (Å²) in [5, 5.41) is 11.9. The molecule has 0 atom stereocenters. The number of nitrogens with one attached hydrogen (secondary N) is 1. The SMILES string of the molecule is CC(=O)NCCc1ccc(C(=O)CSc2nnc(CCC(N)=O)n2C2CC2)s1. The lowest BCUT2D eigenvalue weighted by Crippen LogP contribution is -2.22. The molecule has 0 spiro atoms. The van der Waals surface area contributed by atoms with Crippen molar-refractivity contribution in [3.05, 3.63) is 27.7 Å². The van der Waals surface area contributed by atoms with Crippen LogP contribution in [0.3, 0.4) is 0 Å². The standard InChI is InChI=1S/C18H23N5O3S2/c1-11(24)20-9-8-13-4-5-15(28-13)14(25)10-27-18-22-21-17(7-6-16(19)26)23(18)12-2-3-12/h4-5,12H,2-3,6-10H2,1H3,(H2,19,26)(H,20,24). The zero-order valence-electron chi connectivity index (χ0n) is 15.6. The molecule has 1 aliphatic carbocycles. The normalized spacial score (nSPS) is 13.5. The van der Waals surface area contributed by atoms with Gasteiger partial charge in [0.25, 0.3) is 0 Å². The van der Waals surface area contributed by atoms with Crippen molar-refractivity contribution in [2.45, 2.75) is 50.2 Å². The summed E-state index contributed by atoms with van der Waals surface area (Å²) in [6.07, 6.45) is 3.54. The van der Waals surface area contributed by atoms with Crippen LogP contribution in [0, 0.1) is 0 Å². The van der Waals surface area contributed by atoms with Crippen LogP contribution in [-0.4, -0.2) is 44.7 Å². The molecule has 2 amide bonds. The Bertz CT molecular complexity index is 872. The maximum Gasteiger partial charge on any atom is 0.217 e. The van der Waals surface area contributed by atoms with Gasteiger partial charge in [-0.05, 0) is 31.4 Å². The van der Waals surface area contributed by atoms with Crippen LogP contribution in [0.1, 0.15) is 52.6 Å². The Morgan fingerprint density at radius 2 is 2.07 bits per heavy atom. The monoisotopic (exact) mass is 421 g/mol. The molecule has 1 aliphatic rings. The number of ketones is 1. The Morgan fingerprint density at radius 1 is 1.29 bits per heavy atom. The van der Waals surface area contributed by atoms with E-state index in [9.17, 15) is 14.4 Å². The van der Waals surface area contributed by atoms with Gasteiger partial charge in [-0.15, -0.1) is 21.5 Å². The number of nitrogens with zero attached hydrogens (tertiary/aromatic N) is 3. The van der Waals surface area contributed by atoms with Crippen LogP contribution < -0.4 is 11.1 Å². The van der Waals surface area contributed by atoms with E-state index in [-0.39, 0.29) is 29.8 Å². The average Bonchev–Trinajstić information content (AvgIpc) is 3.22. The summed E-state index contributed by atoms with van der Waals surface area (Å²) in [5.41, 5.74) is 5.23. The third kappa shape index (κ3) is 5.65. The number of rotatable bonds is 11. The lowest BCUT2D eigenvalue weighted by molar-refractivity contribution is -0.119. The predicted octanol–water partition coefficient (Wildman–Crippen LogP) is 1.75. The third-order valence-electron chi connectivity index (χ3n) is 4.26. The molecule has 0 unspecified atom stereocenters. The van der Waals surface area contributed by atoms with Gasteiger partial charge in [0.15, 0.2) is 10.9 Å². The van der Waals surface area contributed by atoms with Crippen molar-refractivity contribution in [3.8, 4) is 0 Å². The Kier molecular flexibility index (Phi) is 6.84. The number of carbonyl (C=O) groups is 3. The van der Waals surface area contributed by atoms with Crippen molar-refractivity contribution in [2.75, 3.05) is 12.3 Å². The van der Waals surface area contributed by atoms with E-state index in [0.717, 1.165) is 28.7 Å². The molecule has 1 saturated carbocycles. The fourth-order valence-corrected chi connectivity index (χ4v) is 4.68. The molecular weight excluding hydrogens is 398 g/mol. The molecule has 0 aliphatic heterocycles. The second-order valence-electron chi connectivity index (χ2n) is 6.68. The molecule has 0 bridgehead atoms. The summed E-state index contributed by atoms with van der Waals surface area (Å²) in [6, 6.07) is 4.12. The molecule has 0 saturated heterocycles. The van der Waals surface area contributed by atoms with Gasteiger partial charge in [-0.25, -0.2) is 0 Å². The minimum absolute atomic E-state index is 0.0461. The van der Waals surface area contributed by atoms with Crippen LogP contribution in [0.25, 0.3) is 0 Å². The summed E-state index contributed by atoms with van der Waals surface area (Å²) >= 11 is 2.84. The molecule has 2 aromatic rings. The van der Waals surface area contributed by atoms with Crippen LogP contribution >= 0.6 is 23.1 Å². The Balaban J connectivity index is 1.56. The summed E-state index contributed by atoms with van der Waals surface area (Å²) in [4.78, 5) is 36.3. The highest BCUT2D eigenvalue weighted by Gasteiger charge is 2.30. The van der Waals surface area contributed by atoms with Crippen LogP contribution in [0.5, 0.6) is 0 Å². The number of aryl methyl sites for hydroxylation is 1. The van der Waals surface area contributed by atoms with Gasteiger partial charge in [-0.2, -0.15) is 0 Å². The van der Waals surface area contributed by atoms with Gasteiger partial charge in [0.05, 0.1) is 10.6 Å². The van der Waals surface area contributed by atoms with E-state index in [2.05, 4.69) is 15.5 Å². The molecule has 3 rings (SSSR count). The number of carbonyl (C=O) groups excluding carboxylic acids is 3. The highest BCUT2D eigenvalue weighted by molar-refractivity contribution is 7.99. The average molecular weight is 422 g/mol. The van der Waals surface area contributed by atoms with E-state index in [0.29, 0.717) is 30.3 Å². The van der Waals surface area contributed by atoms with E-state index >= 15 is 0 Å². The number of primary amides is 1. The van der Waals surface area contributed by atoms with Crippen molar-refractivity contribution >= 4 is 40.7 Å². The molecule has 8 nitrogen and oxygen atoms in total. The van der Waals surface area contributed by atoms with Gasteiger partial charge in [0.2, 0.25) is 11.8 Å². The molecule has 150 valence electrons. The second kappa shape index (κ2) is 9.33. The molecule has 10 heteroatoms. The van der Waals surface area contributed by atoms with Crippen LogP contribution in [0.15, 0.2) is 17.3 Å². The minimum atomic E-state index is -0.360. The number of thiophene rings is 1. The summed E-state index contributed by atoms with van der Waals surface area (Å²) in [7, 11) is 0. The number of aromatic nitrogens is 3. The zero-order valence-corrected chi connectivity index (χ0v) is 17.3. The number of thioether (sulfide) groups is 1. The first-order chi connectivity index (χ1) is 13.4. The molecule has 2 aromatic heterocycles. The molecule has 0 aromatic carbocycles. The summed E-state index contributed by atoms with van der Waals surface area (Å²) in [6.45, 7) is 2.05. The molecule has 0 radical (unpaired) electrons. The van der Waals surface area contributed by atoms with E-state index in [1.807, 2.05) is 16.7 Å². The molecular formula is C18H23N5O3S2. The summed E-state index contributed by atoms with van der Waals surface area (Å²) in [5.74, 6) is 0.671. The van der Waals surface area contributed by atoms with Gasteiger partial charge in [-0.1, -0.05) is 11.8 Å². The highest BCUT2D eigenvalue weighted by Crippen LogP contribution is 2.39. The largest absolute Gasteiger partial charge is 0.370 e. The van der Waals surface area contributed by atoms with E-state index in [1.54, 1.807) is 0 Å². The predicted molar refractivity (Wildman–Crippen MR) is 108 cm³/mol. The molecule has 1 fully saturated rings. The number of amides is 2. The van der Waals surface area contributed by atoms with Crippen molar-refractivity contribution in [1.29, 1.82) is 0 Å². The maximum absolute atomic E-state index is 12.5. The van der Waals surface area contributed by atoms with E-state index in [4.69, 9.17) is 5.73 Å². The fraction of sp³-hybridized carbons (Fsp3) is 0.500. The van der Waals surface area contributed by atoms with Crippen molar-refractivity contribution < 1.29 is 14.4 Å². The Hall–Kier alpha value is -2.20. The smallest absolute Gasteiger partial charge is 0.217 e. The Labute approximate surface area is 171 Å². The van der Waals surface area contributed by atoms with Crippen molar-refractivity contribution in [2.24, 2.45) is 5.73 Å². The second-order valence-corrected chi connectivity index (χ2v) is 8.79. The Morgan fingerprint density at radius 3 is 2.75 bits per heavy atom. The molecule has 3 N–H and O–H groups in total. The van der Waals surface area contributed by atoms with E-state index < -0.39 is 0 Å². The van der Waals surface area contributed by atoms with Crippen molar-refractivity contribution in [3.63, 3.8) is 0 Å². The summed E-state index contributed by atoms with van der Waals surface area (Å²) < 4.78 is 2.05. The van der Waals surface area contributed by atoms with Crippen molar-refractivity contribution in [1.82, 2.24) is 20.1 Å². The van der Waals surface area contributed by atoms with Crippen LogP contribution in [0.4, 0.5) is 0 Å². The molecule has 2 heterocycles. The van der Waals surface area contributed by atoms with Crippen LogP contribution in [-0.2, 0) is 22.4 Å². The zero-order chi connectivity index (χ0) is 20.1. The first-order valence-corrected chi connectivity index (χ1v) is 11.0.